The Morgan fingerprint density at radius 1 is 0.946 bits per heavy atom. The molecule has 0 N–H and O–H groups in total. The Bertz CT molecular complexity index is 1510. The van der Waals surface area contributed by atoms with E-state index in [1.165, 1.54) is 22.5 Å². The minimum Gasteiger partial charge on any atom is -0.493 e. The number of methoxy groups -OCH3 is 1. The third-order valence-electron chi connectivity index (χ3n) is 6.17. The first-order chi connectivity index (χ1) is 17.9. The van der Waals surface area contributed by atoms with Crippen LogP contribution in [0.3, 0.4) is 0 Å². The Hall–Kier alpha value is -3.81. The van der Waals surface area contributed by atoms with Crippen LogP contribution in [0.1, 0.15) is 11.1 Å². The van der Waals surface area contributed by atoms with Crippen LogP contribution in [-0.4, -0.2) is 31.4 Å². The van der Waals surface area contributed by atoms with Crippen LogP contribution in [0.4, 0.5) is 11.4 Å². The van der Waals surface area contributed by atoms with Crippen LogP contribution in [0, 0.1) is 0 Å². The summed E-state index contributed by atoms with van der Waals surface area (Å²) < 4.78 is 12.3. The molecule has 1 fully saturated rings. The number of carbonyl (C=O) groups is 1. The van der Waals surface area contributed by atoms with Crippen molar-refractivity contribution in [1.82, 2.24) is 0 Å². The summed E-state index contributed by atoms with van der Waals surface area (Å²) in [6.45, 7) is 0.419. The first kappa shape index (κ1) is 24.9. The number of rotatable bonds is 7. The largest absolute Gasteiger partial charge is 0.493 e. The van der Waals surface area contributed by atoms with E-state index in [4.69, 9.17) is 21.7 Å². The Balaban J connectivity index is 1.34. The van der Waals surface area contributed by atoms with Crippen LogP contribution >= 0.6 is 24.0 Å². The summed E-state index contributed by atoms with van der Waals surface area (Å²) in [6, 6.07) is 27.9. The molecule has 1 amide bonds. The molecule has 0 atom stereocenters. The number of amides is 1. The second-order valence-corrected chi connectivity index (χ2v) is 10.4. The lowest BCUT2D eigenvalue weighted by atomic mass is 10.1. The molecule has 0 aromatic heterocycles. The maximum atomic E-state index is 13.2. The molecule has 0 bridgehead atoms. The summed E-state index contributed by atoms with van der Waals surface area (Å²) in [5.74, 6) is 1.10. The van der Waals surface area contributed by atoms with Gasteiger partial charge < -0.3 is 14.4 Å². The number of ether oxygens (including phenoxy) is 2. The number of fused-ring (bicyclic) bond motifs is 1. The lowest BCUT2D eigenvalue weighted by molar-refractivity contribution is -0.113. The third kappa shape index (κ3) is 5.19. The highest BCUT2D eigenvalue weighted by Crippen LogP contribution is 2.38. The Labute approximate surface area is 226 Å². The molecule has 5 rings (SSSR count). The molecule has 0 radical (unpaired) electrons. The van der Waals surface area contributed by atoms with Gasteiger partial charge in [-0.25, -0.2) is 0 Å². The number of thiocarbonyl (C=S) groups is 1. The summed E-state index contributed by atoms with van der Waals surface area (Å²) in [6.07, 6.45) is 1.84. The van der Waals surface area contributed by atoms with E-state index in [0.717, 1.165) is 22.5 Å². The average Bonchev–Trinajstić information content (AvgIpc) is 3.19. The number of carbonyl (C=O) groups excluding carboxylic acids is 1. The van der Waals surface area contributed by atoms with Crippen LogP contribution in [-0.2, 0) is 11.4 Å². The predicted octanol–water partition coefficient (Wildman–Crippen LogP) is 6.90. The number of nitrogens with zero attached hydrogens (tertiary/aromatic N) is 2. The van der Waals surface area contributed by atoms with Crippen molar-refractivity contribution in [3.63, 3.8) is 0 Å². The van der Waals surface area contributed by atoms with Crippen LogP contribution in [0.25, 0.3) is 16.8 Å². The van der Waals surface area contributed by atoms with E-state index >= 15 is 0 Å². The summed E-state index contributed by atoms with van der Waals surface area (Å²) in [5.41, 5.74) is 3.75. The molecule has 0 spiro atoms. The molecule has 7 heteroatoms. The van der Waals surface area contributed by atoms with Crippen molar-refractivity contribution in [3.8, 4) is 11.5 Å². The molecule has 1 saturated heterocycles. The van der Waals surface area contributed by atoms with Gasteiger partial charge in [-0.15, -0.1) is 0 Å². The predicted molar refractivity (Wildman–Crippen MR) is 158 cm³/mol. The summed E-state index contributed by atoms with van der Waals surface area (Å²) in [4.78, 5) is 17.4. The van der Waals surface area contributed by atoms with E-state index in [1.54, 1.807) is 12.0 Å². The normalized spacial score (nSPS) is 14.5. The SMILES string of the molecule is COc1cc(/C=C2/SC(=S)N(c3ccc(N(C)C)cc3)C2=O)ccc1OCc1cccc2ccccc12. The van der Waals surface area contributed by atoms with Gasteiger partial charge >= 0.3 is 0 Å². The third-order valence-corrected chi connectivity index (χ3v) is 7.47. The first-order valence-corrected chi connectivity index (χ1v) is 13.0. The van der Waals surface area contributed by atoms with Crippen molar-refractivity contribution in [2.24, 2.45) is 0 Å². The van der Waals surface area contributed by atoms with Gasteiger partial charge in [-0.1, -0.05) is 72.5 Å². The molecule has 4 aromatic rings. The molecule has 1 heterocycles. The maximum absolute atomic E-state index is 13.2. The van der Waals surface area contributed by atoms with Gasteiger partial charge in [0.15, 0.2) is 15.8 Å². The number of anilines is 2. The van der Waals surface area contributed by atoms with Crippen molar-refractivity contribution >= 4 is 62.4 Å². The molecular weight excluding hydrogens is 500 g/mol. The highest BCUT2D eigenvalue weighted by atomic mass is 32.2. The van der Waals surface area contributed by atoms with Gasteiger partial charge in [0, 0.05) is 19.8 Å². The molecule has 0 aliphatic carbocycles. The van der Waals surface area contributed by atoms with Crippen molar-refractivity contribution < 1.29 is 14.3 Å². The highest BCUT2D eigenvalue weighted by molar-refractivity contribution is 8.27. The van der Waals surface area contributed by atoms with E-state index in [1.807, 2.05) is 85.7 Å². The summed E-state index contributed by atoms with van der Waals surface area (Å²) in [7, 11) is 5.57. The molecule has 0 saturated carbocycles. The van der Waals surface area contributed by atoms with E-state index in [9.17, 15) is 4.79 Å². The van der Waals surface area contributed by atoms with Crippen LogP contribution < -0.4 is 19.3 Å². The second kappa shape index (κ2) is 10.7. The Kier molecular flexibility index (Phi) is 7.17. The van der Waals surface area contributed by atoms with Gasteiger partial charge in [0.2, 0.25) is 0 Å². The fourth-order valence-electron chi connectivity index (χ4n) is 4.21. The number of thioether (sulfide) groups is 1. The Morgan fingerprint density at radius 3 is 2.46 bits per heavy atom. The minimum atomic E-state index is -0.136. The Morgan fingerprint density at radius 2 is 1.70 bits per heavy atom. The van der Waals surface area contributed by atoms with E-state index < -0.39 is 0 Å². The zero-order valence-corrected chi connectivity index (χ0v) is 22.4. The highest BCUT2D eigenvalue weighted by Gasteiger charge is 2.33. The zero-order valence-electron chi connectivity index (χ0n) is 20.8. The standard InChI is InChI=1S/C30H26N2O3S2/c1-31(2)23-12-14-24(15-13-23)32-29(33)28(37-30(32)36)18-20-11-16-26(27(17-20)34-3)35-19-22-9-6-8-21-7-4-5-10-25(21)22/h4-18H,19H2,1-3H3/b28-18+. The molecule has 37 heavy (non-hydrogen) atoms. The fraction of sp³-hybridized carbons (Fsp3) is 0.133. The van der Waals surface area contributed by atoms with E-state index in [0.29, 0.717) is 27.3 Å². The van der Waals surface area contributed by atoms with Crippen molar-refractivity contribution in [3.05, 3.63) is 101 Å². The zero-order chi connectivity index (χ0) is 25.9. The lowest BCUT2D eigenvalue weighted by Crippen LogP contribution is -2.27. The van der Waals surface area contributed by atoms with Crippen LogP contribution in [0.5, 0.6) is 11.5 Å². The van der Waals surface area contributed by atoms with Gasteiger partial charge in [0.1, 0.15) is 6.61 Å². The molecular formula is C30H26N2O3S2. The monoisotopic (exact) mass is 526 g/mol. The van der Waals surface area contributed by atoms with Crippen LogP contribution in [0.15, 0.2) is 89.8 Å². The first-order valence-electron chi connectivity index (χ1n) is 11.8. The van der Waals surface area contributed by atoms with Gasteiger partial charge in [-0.3, -0.25) is 9.69 Å². The smallest absolute Gasteiger partial charge is 0.270 e. The molecule has 0 unspecified atom stereocenters. The summed E-state index contributed by atoms with van der Waals surface area (Å²) in [5, 5.41) is 2.34. The van der Waals surface area contributed by atoms with Crippen molar-refractivity contribution in [2.75, 3.05) is 31.0 Å². The molecule has 4 aromatic carbocycles. The molecule has 5 nitrogen and oxygen atoms in total. The second-order valence-electron chi connectivity index (χ2n) is 8.77. The van der Waals surface area contributed by atoms with Gasteiger partial charge in [0.05, 0.1) is 17.7 Å². The number of benzene rings is 4. The topological polar surface area (TPSA) is 42.0 Å². The van der Waals surface area contributed by atoms with Gasteiger partial charge in [0.25, 0.3) is 5.91 Å². The van der Waals surface area contributed by atoms with E-state index in [-0.39, 0.29) is 5.91 Å². The summed E-state index contributed by atoms with van der Waals surface area (Å²) >= 11 is 6.83. The minimum absolute atomic E-state index is 0.136. The van der Waals surface area contributed by atoms with Crippen molar-refractivity contribution in [1.29, 1.82) is 0 Å². The fourth-order valence-corrected chi connectivity index (χ4v) is 5.51. The molecule has 186 valence electrons. The number of hydrogen-bond acceptors (Lipinski definition) is 6. The van der Waals surface area contributed by atoms with Gasteiger partial charge in [-0.2, -0.15) is 0 Å². The number of hydrogen-bond donors (Lipinski definition) is 0. The molecule has 1 aliphatic heterocycles. The maximum Gasteiger partial charge on any atom is 0.270 e. The van der Waals surface area contributed by atoms with Crippen molar-refractivity contribution in [2.45, 2.75) is 6.61 Å². The van der Waals surface area contributed by atoms with E-state index in [2.05, 4.69) is 24.3 Å². The molecule has 1 aliphatic rings. The average molecular weight is 527 g/mol. The lowest BCUT2D eigenvalue weighted by Gasteiger charge is -2.17. The van der Waals surface area contributed by atoms with Crippen LogP contribution in [0.2, 0.25) is 0 Å². The quantitative estimate of drug-likeness (QED) is 0.193. The van der Waals surface area contributed by atoms with Gasteiger partial charge in [-0.05, 0) is 64.4 Å².